The van der Waals surface area contributed by atoms with Gasteiger partial charge < -0.3 is 4.74 Å². The number of nitrogens with zero attached hydrogens (tertiary/aromatic N) is 3. The fraction of sp³-hybridized carbons (Fsp3) is 0.455. The SMILES string of the molecule is CC(C)(C)OC(=O)N1CCCC1N1Cc2ccc(-c3ccncc3)cc2C1. The fourth-order valence-electron chi connectivity index (χ4n) is 4.02. The molecule has 5 heteroatoms. The van der Waals surface area contributed by atoms with E-state index in [9.17, 15) is 4.79 Å². The third-order valence-electron chi connectivity index (χ3n) is 5.24. The zero-order valence-corrected chi connectivity index (χ0v) is 16.3. The number of pyridine rings is 1. The lowest BCUT2D eigenvalue weighted by Gasteiger charge is -2.33. The number of carbonyl (C=O) groups excluding carboxylic acids is 1. The van der Waals surface area contributed by atoms with E-state index in [1.807, 2.05) is 50.2 Å². The van der Waals surface area contributed by atoms with Crippen molar-refractivity contribution >= 4 is 6.09 Å². The summed E-state index contributed by atoms with van der Waals surface area (Å²) >= 11 is 0. The van der Waals surface area contributed by atoms with E-state index in [1.54, 1.807) is 0 Å². The Morgan fingerprint density at radius 3 is 2.56 bits per heavy atom. The second-order valence-electron chi connectivity index (χ2n) is 8.42. The van der Waals surface area contributed by atoms with Gasteiger partial charge in [0.05, 0.1) is 6.17 Å². The molecule has 2 aliphatic rings. The van der Waals surface area contributed by atoms with Crippen LogP contribution in [0.5, 0.6) is 0 Å². The number of fused-ring (bicyclic) bond motifs is 1. The van der Waals surface area contributed by atoms with E-state index in [2.05, 4.69) is 28.1 Å². The Morgan fingerprint density at radius 1 is 1.07 bits per heavy atom. The molecule has 27 heavy (non-hydrogen) atoms. The molecule has 2 aromatic rings. The van der Waals surface area contributed by atoms with Gasteiger partial charge in [-0.15, -0.1) is 0 Å². The monoisotopic (exact) mass is 365 g/mol. The van der Waals surface area contributed by atoms with Gasteiger partial charge in [0.2, 0.25) is 0 Å². The molecule has 5 nitrogen and oxygen atoms in total. The van der Waals surface area contributed by atoms with E-state index in [4.69, 9.17) is 4.74 Å². The first kappa shape index (κ1) is 18.0. The second kappa shape index (κ2) is 6.97. The van der Waals surface area contributed by atoms with Crippen LogP contribution in [0.4, 0.5) is 4.79 Å². The molecule has 1 saturated heterocycles. The van der Waals surface area contributed by atoms with Crippen molar-refractivity contribution in [3.8, 4) is 11.1 Å². The molecule has 3 heterocycles. The smallest absolute Gasteiger partial charge is 0.411 e. The average molecular weight is 365 g/mol. The van der Waals surface area contributed by atoms with E-state index in [0.29, 0.717) is 0 Å². The lowest BCUT2D eigenvalue weighted by atomic mass is 10.0. The summed E-state index contributed by atoms with van der Waals surface area (Å²) in [5, 5.41) is 0. The lowest BCUT2D eigenvalue weighted by Crippen LogP contribution is -2.46. The summed E-state index contributed by atoms with van der Waals surface area (Å²) in [6.07, 6.45) is 5.61. The first-order valence-corrected chi connectivity index (χ1v) is 9.66. The first-order chi connectivity index (χ1) is 12.9. The molecule has 4 rings (SSSR count). The quantitative estimate of drug-likeness (QED) is 0.790. The molecule has 0 N–H and O–H groups in total. The average Bonchev–Trinajstić information content (AvgIpc) is 3.27. The number of carbonyl (C=O) groups is 1. The number of benzene rings is 1. The van der Waals surface area contributed by atoms with E-state index in [1.165, 1.54) is 22.3 Å². The number of hydrogen-bond acceptors (Lipinski definition) is 4. The van der Waals surface area contributed by atoms with Crippen LogP contribution in [0.15, 0.2) is 42.7 Å². The highest BCUT2D eigenvalue weighted by molar-refractivity contribution is 5.69. The highest BCUT2D eigenvalue weighted by atomic mass is 16.6. The van der Waals surface area contributed by atoms with E-state index >= 15 is 0 Å². The predicted octanol–water partition coefficient (Wildman–Crippen LogP) is 4.42. The minimum Gasteiger partial charge on any atom is -0.444 e. The molecule has 2 aliphatic heterocycles. The van der Waals surface area contributed by atoms with Crippen molar-refractivity contribution in [3.63, 3.8) is 0 Å². The molecule has 0 aliphatic carbocycles. The van der Waals surface area contributed by atoms with Crippen LogP contribution in [0.25, 0.3) is 11.1 Å². The van der Waals surface area contributed by atoms with Gasteiger partial charge >= 0.3 is 6.09 Å². The second-order valence-corrected chi connectivity index (χ2v) is 8.42. The van der Waals surface area contributed by atoms with E-state index < -0.39 is 5.60 Å². The van der Waals surface area contributed by atoms with Crippen LogP contribution in [-0.4, -0.2) is 39.2 Å². The maximum atomic E-state index is 12.6. The molecule has 1 amide bonds. The van der Waals surface area contributed by atoms with Gasteiger partial charge in [0, 0.05) is 32.0 Å². The summed E-state index contributed by atoms with van der Waals surface area (Å²) in [6.45, 7) is 8.29. The van der Waals surface area contributed by atoms with Gasteiger partial charge in [-0.3, -0.25) is 14.8 Å². The third-order valence-corrected chi connectivity index (χ3v) is 5.24. The summed E-state index contributed by atoms with van der Waals surface area (Å²) in [5.74, 6) is 0. The molecule has 0 spiro atoms. The van der Waals surface area contributed by atoms with Gasteiger partial charge in [0.25, 0.3) is 0 Å². The number of amides is 1. The third kappa shape index (κ3) is 3.83. The first-order valence-electron chi connectivity index (χ1n) is 9.66. The number of likely N-dealkylation sites (tertiary alicyclic amines) is 1. The van der Waals surface area contributed by atoms with Crippen LogP contribution in [0, 0.1) is 0 Å². The topological polar surface area (TPSA) is 45.7 Å². The van der Waals surface area contributed by atoms with Crippen molar-refractivity contribution < 1.29 is 9.53 Å². The summed E-state index contributed by atoms with van der Waals surface area (Å²) in [7, 11) is 0. The van der Waals surface area contributed by atoms with Gasteiger partial charge in [-0.05, 0) is 74.1 Å². The van der Waals surface area contributed by atoms with Crippen LogP contribution in [-0.2, 0) is 17.8 Å². The van der Waals surface area contributed by atoms with Crippen molar-refractivity contribution in [3.05, 3.63) is 53.9 Å². The minimum atomic E-state index is -0.461. The van der Waals surface area contributed by atoms with Crippen molar-refractivity contribution in [2.45, 2.75) is 58.5 Å². The zero-order valence-electron chi connectivity index (χ0n) is 16.3. The van der Waals surface area contributed by atoms with Crippen LogP contribution in [0.3, 0.4) is 0 Å². The Hall–Kier alpha value is -2.40. The van der Waals surface area contributed by atoms with Crippen molar-refractivity contribution in [2.75, 3.05) is 6.54 Å². The number of aromatic nitrogens is 1. The van der Waals surface area contributed by atoms with Crippen LogP contribution >= 0.6 is 0 Å². The van der Waals surface area contributed by atoms with Gasteiger partial charge in [-0.25, -0.2) is 4.79 Å². The van der Waals surface area contributed by atoms with Crippen LogP contribution in [0.1, 0.15) is 44.7 Å². The molecular weight excluding hydrogens is 338 g/mol. The summed E-state index contributed by atoms with van der Waals surface area (Å²) in [5.41, 5.74) is 4.64. The van der Waals surface area contributed by atoms with Crippen molar-refractivity contribution in [1.82, 2.24) is 14.8 Å². The molecule has 0 radical (unpaired) electrons. The van der Waals surface area contributed by atoms with Gasteiger partial charge in [-0.2, -0.15) is 0 Å². The minimum absolute atomic E-state index is 0.122. The lowest BCUT2D eigenvalue weighted by molar-refractivity contribution is -0.000334. The molecule has 1 unspecified atom stereocenters. The van der Waals surface area contributed by atoms with Gasteiger partial charge in [0.15, 0.2) is 0 Å². The molecule has 1 atom stereocenters. The molecule has 142 valence electrons. The Balaban J connectivity index is 1.50. The molecule has 1 fully saturated rings. The maximum absolute atomic E-state index is 12.6. The number of rotatable bonds is 2. The van der Waals surface area contributed by atoms with E-state index in [-0.39, 0.29) is 12.3 Å². The Kier molecular flexibility index (Phi) is 4.64. The Labute approximate surface area is 161 Å². The fourth-order valence-corrected chi connectivity index (χ4v) is 4.02. The highest BCUT2D eigenvalue weighted by Gasteiger charge is 2.37. The summed E-state index contributed by atoms with van der Waals surface area (Å²) in [4.78, 5) is 21.0. The maximum Gasteiger partial charge on any atom is 0.411 e. The normalized spacial score (nSPS) is 20.0. The number of hydrogen-bond donors (Lipinski definition) is 0. The van der Waals surface area contributed by atoms with Crippen LogP contribution < -0.4 is 0 Å². The van der Waals surface area contributed by atoms with Crippen LogP contribution in [0.2, 0.25) is 0 Å². The van der Waals surface area contributed by atoms with Crippen molar-refractivity contribution in [2.24, 2.45) is 0 Å². The molecule has 1 aromatic heterocycles. The molecular formula is C22H27N3O2. The zero-order chi connectivity index (χ0) is 19.0. The van der Waals surface area contributed by atoms with Gasteiger partial charge in [-0.1, -0.05) is 12.1 Å². The molecule has 1 aromatic carbocycles. The van der Waals surface area contributed by atoms with Crippen molar-refractivity contribution in [1.29, 1.82) is 0 Å². The Bertz CT molecular complexity index is 829. The highest BCUT2D eigenvalue weighted by Crippen LogP contribution is 2.33. The largest absolute Gasteiger partial charge is 0.444 e. The van der Waals surface area contributed by atoms with E-state index in [0.717, 1.165) is 32.5 Å². The summed E-state index contributed by atoms with van der Waals surface area (Å²) in [6, 6.07) is 10.7. The molecule has 0 saturated carbocycles. The predicted molar refractivity (Wildman–Crippen MR) is 105 cm³/mol. The standard InChI is InChI=1S/C22H27N3O2/c1-22(2,3)27-21(26)25-12-4-5-20(25)24-14-18-7-6-17(13-19(18)15-24)16-8-10-23-11-9-16/h6-11,13,20H,4-5,12,14-15H2,1-3H3. The molecule has 0 bridgehead atoms. The summed E-state index contributed by atoms with van der Waals surface area (Å²) < 4.78 is 5.62. The van der Waals surface area contributed by atoms with Gasteiger partial charge in [0.1, 0.15) is 5.60 Å². The Morgan fingerprint density at radius 2 is 1.81 bits per heavy atom. The number of ether oxygens (including phenoxy) is 1.